The molecule has 0 aliphatic carbocycles. The highest BCUT2D eigenvalue weighted by Crippen LogP contribution is 2.33. The first kappa shape index (κ1) is 15.3. The molecule has 0 saturated carbocycles. The molecule has 20 heavy (non-hydrogen) atoms. The van der Waals surface area contributed by atoms with E-state index < -0.39 is 11.7 Å². The Balaban J connectivity index is 2.17. The number of rotatable bonds is 3. The number of halogens is 3. The quantitative estimate of drug-likeness (QED) is 0.924. The molecule has 0 amide bonds. The van der Waals surface area contributed by atoms with Crippen LogP contribution in [0.25, 0.3) is 0 Å². The Morgan fingerprint density at radius 1 is 1.25 bits per heavy atom. The van der Waals surface area contributed by atoms with Gasteiger partial charge in [0.05, 0.1) is 5.56 Å². The van der Waals surface area contributed by atoms with E-state index in [-0.39, 0.29) is 0 Å². The standard InChI is InChI=1S/C15H21F3N2/c1-11-6-7-12(8-19)9-20(11)10-13-4-2-3-5-14(13)15(16,17)18/h2-5,11-12H,6-10,19H2,1H3. The number of benzene rings is 1. The van der Waals surface area contributed by atoms with Crippen molar-refractivity contribution >= 4 is 0 Å². The van der Waals surface area contributed by atoms with Crippen LogP contribution in [-0.4, -0.2) is 24.0 Å². The molecule has 1 heterocycles. The summed E-state index contributed by atoms with van der Waals surface area (Å²) in [5, 5.41) is 0. The predicted molar refractivity (Wildman–Crippen MR) is 73.1 cm³/mol. The molecule has 0 bridgehead atoms. The van der Waals surface area contributed by atoms with Crippen molar-refractivity contribution in [2.45, 2.75) is 38.5 Å². The molecule has 5 heteroatoms. The monoisotopic (exact) mass is 286 g/mol. The molecule has 2 unspecified atom stereocenters. The van der Waals surface area contributed by atoms with Crippen LogP contribution in [0.1, 0.15) is 30.9 Å². The summed E-state index contributed by atoms with van der Waals surface area (Å²) in [5.41, 5.74) is 5.52. The van der Waals surface area contributed by atoms with Gasteiger partial charge >= 0.3 is 6.18 Å². The van der Waals surface area contributed by atoms with Gasteiger partial charge in [-0.05, 0) is 43.9 Å². The first-order valence-electron chi connectivity index (χ1n) is 7.01. The zero-order valence-electron chi connectivity index (χ0n) is 11.7. The molecule has 0 radical (unpaired) electrons. The number of piperidine rings is 1. The van der Waals surface area contributed by atoms with Crippen molar-refractivity contribution in [2.24, 2.45) is 11.7 Å². The van der Waals surface area contributed by atoms with Gasteiger partial charge in [-0.1, -0.05) is 18.2 Å². The summed E-state index contributed by atoms with van der Waals surface area (Å²) in [7, 11) is 0. The molecule has 1 aliphatic rings. The molecule has 1 aliphatic heterocycles. The second kappa shape index (κ2) is 6.14. The largest absolute Gasteiger partial charge is 0.416 e. The fourth-order valence-corrected chi connectivity index (χ4v) is 2.83. The SMILES string of the molecule is CC1CCC(CN)CN1Cc1ccccc1C(F)(F)F. The van der Waals surface area contributed by atoms with Crippen LogP contribution in [0.15, 0.2) is 24.3 Å². The van der Waals surface area contributed by atoms with E-state index in [1.54, 1.807) is 12.1 Å². The lowest BCUT2D eigenvalue weighted by Crippen LogP contribution is -2.43. The second-order valence-corrected chi connectivity index (χ2v) is 5.61. The van der Waals surface area contributed by atoms with E-state index in [4.69, 9.17) is 5.73 Å². The summed E-state index contributed by atoms with van der Waals surface area (Å²) in [6.07, 6.45) is -2.23. The molecule has 2 atom stereocenters. The fourth-order valence-electron chi connectivity index (χ4n) is 2.83. The summed E-state index contributed by atoms with van der Waals surface area (Å²) in [5.74, 6) is 0.393. The van der Waals surface area contributed by atoms with E-state index >= 15 is 0 Å². The maximum absolute atomic E-state index is 13.0. The Bertz CT molecular complexity index is 445. The topological polar surface area (TPSA) is 29.3 Å². The lowest BCUT2D eigenvalue weighted by atomic mass is 9.92. The molecular weight excluding hydrogens is 265 g/mol. The van der Waals surface area contributed by atoms with Gasteiger partial charge in [-0.25, -0.2) is 0 Å². The minimum Gasteiger partial charge on any atom is -0.330 e. The third-order valence-corrected chi connectivity index (χ3v) is 4.14. The second-order valence-electron chi connectivity index (χ2n) is 5.61. The molecule has 1 fully saturated rings. The average Bonchev–Trinajstić information content (AvgIpc) is 2.41. The summed E-state index contributed by atoms with van der Waals surface area (Å²) >= 11 is 0. The minimum absolute atomic E-state index is 0.305. The van der Waals surface area contributed by atoms with Crippen LogP contribution in [0.2, 0.25) is 0 Å². The highest BCUT2D eigenvalue weighted by Gasteiger charge is 2.34. The normalized spacial score (nSPS) is 24.9. The Labute approximate surface area is 117 Å². The summed E-state index contributed by atoms with van der Waals surface area (Å²) in [6, 6.07) is 6.14. The zero-order valence-corrected chi connectivity index (χ0v) is 11.7. The van der Waals surface area contributed by atoms with Crippen molar-refractivity contribution in [1.82, 2.24) is 4.90 Å². The summed E-state index contributed by atoms with van der Waals surface area (Å²) in [4.78, 5) is 2.12. The Morgan fingerprint density at radius 2 is 1.95 bits per heavy atom. The molecule has 1 aromatic carbocycles. The number of hydrogen-bond acceptors (Lipinski definition) is 2. The lowest BCUT2D eigenvalue weighted by molar-refractivity contribution is -0.138. The van der Waals surface area contributed by atoms with Gasteiger partial charge in [-0.15, -0.1) is 0 Å². The van der Waals surface area contributed by atoms with Crippen molar-refractivity contribution in [3.05, 3.63) is 35.4 Å². The Hall–Kier alpha value is -1.07. The van der Waals surface area contributed by atoms with E-state index in [1.165, 1.54) is 6.07 Å². The maximum atomic E-state index is 13.0. The van der Waals surface area contributed by atoms with Gasteiger partial charge < -0.3 is 5.73 Å². The van der Waals surface area contributed by atoms with Crippen molar-refractivity contribution in [3.63, 3.8) is 0 Å². The zero-order chi connectivity index (χ0) is 14.8. The van der Waals surface area contributed by atoms with Crippen LogP contribution in [0.4, 0.5) is 13.2 Å². The molecule has 1 aromatic rings. The predicted octanol–water partition coefficient (Wildman–Crippen LogP) is 3.26. The van der Waals surface area contributed by atoms with Gasteiger partial charge in [0.15, 0.2) is 0 Å². The third-order valence-electron chi connectivity index (χ3n) is 4.14. The van der Waals surface area contributed by atoms with Gasteiger partial charge in [0.25, 0.3) is 0 Å². The van der Waals surface area contributed by atoms with E-state index in [0.717, 1.165) is 25.5 Å². The van der Waals surface area contributed by atoms with Gasteiger partial charge in [0.2, 0.25) is 0 Å². The van der Waals surface area contributed by atoms with Crippen molar-refractivity contribution in [3.8, 4) is 0 Å². The van der Waals surface area contributed by atoms with E-state index in [1.807, 2.05) is 0 Å². The van der Waals surface area contributed by atoms with E-state index in [2.05, 4.69) is 11.8 Å². The lowest BCUT2D eigenvalue weighted by Gasteiger charge is -2.38. The third kappa shape index (κ3) is 3.52. The average molecular weight is 286 g/mol. The molecule has 0 spiro atoms. The molecule has 0 aromatic heterocycles. The van der Waals surface area contributed by atoms with Crippen molar-refractivity contribution < 1.29 is 13.2 Å². The highest BCUT2D eigenvalue weighted by molar-refractivity contribution is 5.29. The van der Waals surface area contributed by atoms with Crippen molar-refractivity contribution in [1.29, 1.82) is 0 Å². The fraction of sp³-hybridized carbons (Fsp3) is 0.600. The van der Waals surface area contributed by atoms with Gasteiger partial charge in [-0.2, -0.15) is 13.2 Å². The van der Waals surface area contributed by atoms with Gasteiger partial charge in [0, 0.05) is 19.1 Å². The number of hydrogen-bond donors (Lipinski definition) is 1. The summed E-state index contributed by atoms with van der Waals surface area (Å²) < 4.78 is 39.0. The Morgan fingerprint density at radius 3 is 2.60 bits per heavy atom. The van der Waals surface area contributed by atoms with Gasteiger partial charge in [0.1, 0.15) is 0 Å². The summed E-state index contributed by atoms with van der Waals surface area (Å²) in [6.45, 7) is 3.80. The molecule has 2 N–H and O–H groups in total. The highest BCUT2D eigenvalue weighted by atomic mass is 19.4. The maximum Gasteiger partial charge on any atom is 0.416 e. The van der Waals surface area contributed by atoms with Crippen LogP contribution in [0.3, 0.4) is 0 Å². The van der Waals surface area contributed by atoms with E-state index in [0.29, 0.717) is 30.6 Å². The van der Waals surface area contributed by atoms with Crippen LogP contribution < -0.4 is 5.73 Å². The number of likely N-dealkylation sites (tertiary alicyclic amines) is 1. The van der Waals surface area contributed by atoms with Crippen LogP contribution in [0.5, 0.6) is 0 Å². The van der Waals surface area contributed by atoms with Crippen LogP contribution in [-0.2, 0) is 12.7 Å². The number of alkyl halides is 3. The smallest absolute Gasteiger partial charge is 0.330 e. The molecule has 1 saturated heterocycles. The molecular formula is C15H21F3N2. The van der Waals surface area contributed by atoms with Crippen molar-refractivity contribution in [2.75, 3.05) is 13.1 Å². The van der Waals surface area contributed by atoms with E-state index in [9.17, 15) is 13.2 Å². The first-order valence-corrected chi connectivity index (χ1v) is 7.01. The number of nitrogens with zero attached hydrogens (tertiary/aromatic N) is 1. The number of nitrogens with two attached hydrogens (primary N) is 1. The molecule has 2 rings (SSSR count). The molecule has 2 nitrogen and oxygen atoms in total. The van der Waals surface area contributed by atoms with Crippen LogP contribution >= 0.6 is 0 Å². The minimum atomic E-state index is -4.29. The van der Waals surface area contributed by atoms with Gasteiger partial charge in [-0.3, -0.25) is 4.90 Å². The molecule has 112 valence electrons. The first-order chi connectivity index (χ1) is 9.41. The van der Waals surface area contributed by atoms with Crippen LogP contribution in [0, 0.1) is 5.92 Å². The Kier molecular flexibility index (Phi) is 4.70.